The van der Waals surface area contributed by atoms with Gasteiger partial charge in [-0.05, 0) is 41.1 Å². The Labute approximate surface area is 109 Å². The zero-order chi connectivity index (χ0) is 13.2. The van der Waals surface area contributed by atoms with Gasteiger partial charge in [-0.15, -0.1) is 24.8 Å². The Balaban J connectivity index is 2.98. The predicted octanol–water partition coefficient (Wildman–Crippen LogP) is 4.16. The maximum atomic E-state index is 11.9. The number of halogens is 5. The normalized spacial score (nSPS) is 13.3. The molecule has 0 fully saturated rings. The molecular formula is C10H7BrClF3O2. The number of rotatable bonds is 3. The summed E-state index contributed by atoms with van der Waals surface area (Å²) in [4.78, 5) is 11.5. The van der Waals surface area contributed by atoms with Crippen LogP contribution in [0, 0.1) is 0 Å². The predicted molar refractivity (Wildman–Crippen MR) is 60.5 cm³/mol. The van der Waals surface area contributed by atoms with Crippen LogP contribution in [0.1, 0.15) is 17.3 Å². The van der Waals surface area contributed by atoms with Crippen molar-refractivity contribution < 1.29 is 22.7 Å². The molecule has 1 unspecified atom stereocenters. The molecule has 0 heterocycles. The summed E-state index contributed by atoms with van der Waals surface area (Å²) >= 11 is 8.60. The number of carbonyl (C=O) groups is 1. The van der Waals surface area contributed by atoms with Crippen LogP contribution in [0.5, 0.6) is 5.75 Å². The van der Waals surface area contributed by atoms with Crippen molar-refractivity contribution in [1.29, 1.82) is 0 Å². The van der Waals surface area contributed by atoms with E-state index in [-0.39, 0.29) is 15.8 Å². The highest BCUT2D eigenvalue weighted by molar-refractivity contribution is 9.10. The topological polar surface area (TPSA) is 26.3 Å². The highest BCUT2D eigenvalue weighted by Crippen LogP contribution is 2.28. The summed E-state index contributed by atoms with van der Waals surface area (Å²) in [5.41, 5.74) is 0.210. The Bertz CT molecular complexity index is 432. The quantitative estimate of drug-likeness (QED) is 0.614. The molecule has 1 aromatic rings. The van der Waals surface area contributed by atoms with E-state index < -0.39 is 17.5 Å². The van der Waals surface area contributed by atoms with E-state index in [2.05, 4.69) is 20.7 Å². The molecule has 0 aliphatic rings. The van der Waals surface area contributed by atoms with Crippen LogP contribution in [0.3, 0.4) is 0 Å². The molecule has 1 aromatic carbocycles. The van der Waals surface area contributed by atoms with Crippen LogP contribution in [0.2, 0.25) is 0 Å². The van der Waals surface area contributed by atoms with Crippen LogP contribution in [-0.2, 0) is 0 Å². The molecule has 0 saturated heterocycles. The summed E-state index contributed by atoms with van der Waals surface area (Å²) in [5, 5.41) is -0.749. The fourth-order valence-corrected chi connectivity index (χ4v) is 1.78. The summed E-state index contributed by atoms with van der Waals surface area (Å²) in [7, 11) is 0. The zero-order valence-corrected chi connectivity index (χ0v) is 10.9. The van der Waals surface area contributed by atoms with Crippen LogP contribution < -0.4 is 4.74 Å². The van der Waals surface area contributed by atoms with Crippen LogP contribution in [0.15, 0.2) is 22.7 Å². The molecule has 0 spiro atoms. The maximum Gasteiger partial charge on any atom is 0.573 e. The van der Waals surface area contributed by atoms with E-state index in [0.29, 0.717) is 0 Å². The van der Waals surface area contributed by atoms with E-state index in [9.17, 15) is 18.0 Å². The molecule has 0 radical (unpaired) electrons. The highest BCUT2D eigenvalue weighted by atomic mass is 79.9. The monoisotopic (exact) mass is 330 g/mol. The molecule has 0 aliphatic carbocycles. The highest BCUT2D eigenvalue weighted by Gasteiger charge is 2.31. The van der Waals surface area contributed by atoms with Crippen LogP contribution in [-0.4, -0.2) is 17.5 Å². The van der Waals surface area contributed by atoms with Crippen LogP contribution >= 0.6 is 27.5 Å². The number of hydrogen-bond acceptors (Lipinski definition) is 2. The van der Waals surface area contributed by atoms with Gasteiger partial charge in [0.05, 0.1) is 5.38 Å². The second kappa shape index (κ2) is 5.27. The van der Waals surface area contributed by atoms with Crippen molar-refractivity contribution in [2.24, 2.45) is 0 Å². The van der Waals surface area contributed by atoms with Gasteiger partial charge in [0.1, 0.15) is 5.75 Å². The lowest BCUT2D eigenvalue weighted by molar-refractivity contribution is -0.274. The third-order valence-electron chi connectivity index (χ3n) is 1.80. The molecule has 94 valence electrons. The first kappa shape index (κ1) is 14.3. The Morgan fingerprint density at radius 1 is 1.47 bits per heavy atom. The minimum Gasteiger partial charge on any atom is -0.406 e. The van der Waals surface area contributed by atoms with Crippen LogP contribution in [0.25, 0.3) is 0 Å². The number of benzene rings is 1. The first-order valence-electron chi connectivity index (χ1n) is 4.44. The molecule has 7 heteroatoms. The number of ether oxygens (including phenoxy) is 1. The van der Waals surface area contributed by atoms with Gasteiger partial charge >= 0.3 is 6.36 Å². The van der Waals surface area contributed by atoms with Gasteiger partial charge in [0, 0.05) is 10.0 Å². The van der Waals surface area contributed by atoms with Crippen molar-refractivity contribution in [2.75, 3.05) is 0 Å². The van der Waals surface area contributed by atoms with Crippen molar-refractivity contribution in [3.05, 3.63) is 28.2 Å². The average Bonchev–Trinajstić information content (AvgIpc) is 2.14. The Morgan fingerprint density at radius 3 is 2.47 bits per heavy atom. The Hall–Kier alpha value is -0.750. The first-order valence-corrected chi connectivity index (χ1v) is 5.67. The number of carbonyl (C=O) groups excluding carboxylic acids is 1. The fourth-order valence-electron chi connectivity index (χ4n) is 1.11. The lowest BCUT2D eigenvalue weighted by Crippen LogP contribution is -2.17. The standard InChI is InChI=1S/C10H7BrClF3O2/c1-5(12)9(16)7-3-2-6(4-8(7)11)17-10(13,14)15/h2-5H,1H3. The van der Waals surface area contributed by atoms with Crippen molar-refractivity contribution in [1.82, 2.24) is 0 Å². The van der Waals surface area contributed by atoms with Crippen molar-refractivity contribution in [3.63, 3.8) is 0 Å². The summed E-state index contributed by atoms with van der Waals surface area (Å²) in [5.74, 6) is -0.778. The van der Waals surface area contributed by atoms with Gasteiger partial charge < -0.3 is 4.74 Å². The third kappa shape index (κ3) is 4.20. The Kier molecular flexibility index (Phi) is 4.43. The third-order valence-corrected chi connectivity index (χ3v) is 2.66. The zero-order valence-electron chi connectivity index (χ0n) is 8.52. The van der Waals surface area contributed by atoms with E-state index in [1.54, 1.807) is 0 Å². The van der Waals surface area contributed by atoms with E-state index in [1.165, 1.54) is 13.0 Å². The molecule has 17 heavy (non-hydrogen) atoms. The van der Waals surface area contributed by atoms with Gasteiger partial charge in [-0.1, -0.05) is 0 Å². The number of hydrogen-bond donors (Lipinski definition) is 0. The molecule has 1 atom stereocenters. The second-order valence-corrected chi connectivity index (χ2v) is 4.68. The molecule has 0 amide bonds. The largest absolute Gasteiger partial charge is 0.573 e. The van der Waals surface area contributed by atoms with Gasteiger partial charge in [0.25, 0.3) is 0 Å². The fraction of sp³-hybridized carbons (Fsp3) is 0.300. The van der Waals surface area contributed by atoms with E-state index in [4.69, 9.17) is 11.6 Å². The minimum absolute atomic E-state index is 0.205. The van der Waals surface area contributed by atoms with Gasteiger partial charge in [0.2, 0.25) is 0 Å². The lowest BCUT2D eigenvalue weighted by atomic mass is 10.1. The molecule has 0 N–H and O–H groups in total. The van der Waals surface area contributed by atoms with Gasteiger partial charge in [0.15, 0.2) is 5.78 Å². The molecule has 0 aromatic heterocycles. The number of Topliss-reactive ketones (excluding diaryl/α,β-unsaturated/α-hetero) is 1. The van der Waals surface area contributed by atoms with Crippen molar-refractivity contribution >= 4 is 33.3 Å². The molecule has 0 saturated carbocycles. The van der Waals surface area contributed by atoms with Gasteiger partial charge in [-0.3, -0.25) is 4.79 Å². The maximum absolute atomic E-state index is 11.9. The summed E-state index contributed by atoms with van der Waals surface area (Å²) in [6.07, 6.45) is -4.76. The first-order chi connectivity index (χ1) is 7.70. The second-order valence-electron chi connectivity index (χ2n) is 3.17. The SMILES string of the molecule is CC(Cl)C(=O)c1ccc(OC(F)(F)F)cc1Br. The summed E-state index contributed by atoms with van der Waals surface area (Å²) in [6, 6.07) is 3.36. The molecule has 0 bridgehead atoms. The molecule has 0 aliphatic heterocycles. The van der Waals surface area contributed by atoms with Gasteiger partial charge in [-0.2, -0.15) is 0 Å². The minimum atomic E-state index is -4.76. The average molecular weight is 332 g/mol. The summed E-state index contributed by atoms with van der Waals surface area (Å²) < 4.78 is 39.7. The smallest absolute Gasteiger partial charge is 0.406 e. The van der Waals surface area contributed by atoms with Crippen LogP contribution in [0.4, 0.5) is 13.2 Å². The van der Waals surface area contributed by atoms with Crippen molar-refractivity contribution in [2.45, 2.75) is 18.7 Å². The van der Waals surface area contributed by atoms with Crippen molar-refractivity contribution in [3.8, 4) is 5.75 Å². The number of ketones is 1. The Morgan fingerprint density at radius 2 is 2.06 bits per heavy atom. The summed E-state index contributed by atoms with van der Waals surface area (Å²) in [6.45, 7) is 1.48. The van der Waals surface area contributed by atoms with E-state index >= 15 is 0 Å². The molecule has 1 rings (SSSR count). The van der Waals surface area contributed by atoms with E-state index in [0.717, 1.165) is 12.1 Å². The van der Waals surface area contributed by atoms with Gasteiger partial charge in [-0.25, -0.2) is 0 Å². The number of alkyl halides is 4. The van der Waals surface area contributed by atoms with E-state index in [1.807, 2.05) is 0 Å². The molecule has 2 nitrogen and oxygen atoms in total. The molecular weight excluding hydrogens is 324 g/mol. The lowest BCUT2D eigenvalue weighted by Gasteiger charge is -2.11.